The molecule has 3 nitrogen and oxygen atoms in total. The molecular formula is C16H23FN2O. The van der Waals surface area contributed by atoms with Gasteiger partial charge in [0.25, 0.3) is 5.91 Å². The number of hydrogen-bond acceptors (Lipinski definition) is 2. The van der Waals surface area contributed by atoms with Crippen LogP contribution < -0.4 is 5.32 Å². The summed E-state index contributed by atoms with van der Waals surface area (Å²) >= 11 is 0. The SMILES string of the molecule is CCCN(CC1CCCN1)C(=O)c1cccc(C)c1F. The van der Waals surface area contributed by atoms with Gasteiger partial charge in [0.05, 0.1) is 5.56 Å². The van der Waals surface area contributed by atoms with E-state index in [1.54, 1.807) is 30.0 Å². The van der Waals surface area contributed by atoms with E-state index in [0.29, 0.717) is 24.7 Å². The summed E-state index contributed by atoms with van der Waals surface area (Å²) < 4.78 is 14.1. The summed E-state index contributed by atoms with van der Waals surface area (Å²) in [5.74, 6) is -0.584. The number of amides is 1. The van der Waals surface area contributed by atoms with Crippen LogP contribution in [0, 0.1) is 12.7 Å². The Morgan fingerprint density at radius 3 is 2.95 bits per heavy atom. The van der Waals surface area contributed by atoms with Crippen molar-refractivity contribution in [3.63, 3.8) is 0 Å². The topological polar surface area (TPSA) is 32.3 Å². The predicted octanol–water partition coefficient (Wildman–Crippen LogP) is 2.74. The molecule has 0 saturated carbocycles. The fourth-order valence-corrected chi connectivity index (χ4v) is 2.71. The number of hydrogen-bond donors (Lipinski definition) is 1. The average molecular weight is 278 g/mol. The molecule has 1 unspecified atom stereocenters. The molecule has 1 heterocycles. The second kappa shape index (κ2) is 6.84. The van der Waals surface area contributed by atoms with Crippen molar-refractivity contribution in [1.29, 1.82) is 0 Å². The lowest BCUT2D eigenvalue weighted by molar-refractivity contribution is 0.0737. The Morgan fingerprint density at radius 2 is 2.30 bits per heavy atom. The number of halogens is 1. The Hall–Kier alpha value is -1.42. The maximum absolute atomic E-state index is 14.1. The first-order valence-electron chi connectivity index (χ1n) is 7.41. The normalized spacial score (nSPS) is 18.2. The Morgan fingerprint density at radius 1 is 1.50 bits per heavy atom. The number of carbonyl (C=O) groups excluding carboxylic acids is 1. The summed E-state index contributed by atoms with van der Waals surface area (Å²) in [6.45, 7) is 6.08. The predicted molar refractivity (Wildman–Crippen MR) is 78.4 cm³/mol. The highest BCUT2D eigenvalue weighted by Gasteiger charge is 2.24. The van der Waals surface area contributed by atoms with Gasteiger partial charge in [0.1, 0.15) is 5.82 Å². The van der Waals surface area contributed by atoms with E-state index in [0.717, 1.165) is 25.8 Å². The van der Waals surface area contributed by atoms with Crippen LogP contribution in [0.4, 0.5) is 4.39 Å². The molecule has 1 fully saturated rings. The maximum Gasteiger partial charge on any atom is 0.256 e. The zero-order valence-electron chi connectivity index (χ0n) is 12.3. The first kappa shape index (κ1) is 15.0. The molecule has 2 rings (SSSR count). The monoisotopic (exact) mass is 278 g/mol. The average Bonchev–Trinajstić information content (AvgIpc) is 2.94. The molecule has 1 aliphatic heterocycles. The lowest BCUT2D eigenvalue weighted by atomic mass is 10.1. The third kappa shape index (κ3) is 3.37. The highest BCUT2D eigenvalue weighted by molar-refractivity contribution is 5.94. The minimum atomic E-state index is -0.391. The first-order chi connectivity index (χ1) is 9.63. The second-order valence-electron chi connectivity index (χ2n) is 5.48. The van der Waals surface area contributed by atoms with Crippen LogP contribution in [0.15, 0.2) is 18.2 Å². The summed E-state index contributed by atoms with van der Waals surface area (Å²) in [6, 6.07) is 5.35. The number of carbonyl (C=O) groups is 1. The van der Waals surface area contributed by atoms with Gasteiger partial charge in [-0.05, 0) is 44.4 Å². The molecule has 20 heavy (non-hydrogen) atoms. The highest BCUT2D eigenvalue weighted by atomic mass is 19.1. The van der Waals surface area contributed by atoms with Crippen LogP contribution in [0.2, 0.25) is 0 Å². The number of nitrogens with zero attached hydrogens (tertiary/aromatic N) is 1. The fourth-order valence-electron chi connectivity index (χ4n) is 2.71. The zero-order valence-corrected chi connectivity index (χ0v) is 12.3. The van der Waals surface area contributed by atoms with E-state index in [1.807, 2.05) is 6.92 Å². The van der Waals surface area contributed by atoms with Gasteiger partial charge in [0, 0.05) is 19.1 Å². The smallest absolute Gasteiger partial charge is 0.256 e. The van der Waals surface area contributed by atoms with Crippen LogP contribution >= 0.6 is 0 Å². The van der Waals surface area contributed by atoms with Gasteiger partial charge in [-0.3, -0.25) is 4.79 Å². The van der Waals surface area contributed by atoms with E-state index < -0.39 is 5.82 Å². The molecule has 0 spiro atoms. The summed E-state index contributed by atoms with van der Waals surface area (Å²) in [5.41, 5.74) is 0.711. The van der Waals surface area contributed by atoms with Gasteiger partial charge in [-0.25, -0.2) is 4.39 Å². The van der Waals surface area contributed by atoms with Gasteiger partial charge < -0.3 is 10.2 Å². The Bertz CT molecular complexity index is 470. The molecule has 4 heteroatoms. The van der Waals surface area contributed by atoms with Gasteiger partial charge >= 0.3 is 0 Å². The molecular weight excluding hydrogens is 255 g/mol. The largest absolute Gasteiger partial charge is 0.337 e. The Kier molecular flexibility index (Phi) is 5.12. The lowest BCUT2D eigenvalue weighted by Crippen LogP contribution is -2.41. The van der Waals surface area contributed by atoms with Gasteiger partial charge in [0.2, 0.25) is 0 Å². The third-order valence-corrected chi connectivity index (χ3v) is 3.81. The second-order valence-corrected chi connectivity index (χ2v) is 5.48. The van der Waals surface area contributed by atoms with Crippen molar-refractivity contribution in [3.8, 4) is 0 Å². The number of rotatable bonds is 5. The minimum absolute atomic E-state index is 0.191. The van der Waals surface area contributed by atoms with Gasteiger partial charge in [0.15, 0.2) is 0 Å². The van der Waals surface area contributed by atoms with Crippen molar-refractivity contribution >= 4 is 5.91 Å². The molecule has 1 saturated heterocycles. The van der Waals surface area contributed by atoms with Crippen molar-refractivity contribution in [2.75, 3.05) is 19.6 Å². The Labute approximate surface area is 120 Å². The van der Waals surface area contributed by atoms with E-state index in [-0.39, 0.29) is 11.5 Å². The van der Waals surface area contributed by atoms with E-state index >= 15 is 0 Å². The van der Waals surface area contributed by atoms with Crippen LogP contribution in [0.5, 0.6) is 0 Å². The van der Waals surface area contributed by atoms with Gasteiger partial charge in [-0.2, -0.15) is 0 Å². The molecule has 0 aliphatic carbocycles. The quantitative estimate of drug-likeness (QED) is 0.898. The lowest BCUT2D eigenvalue weighted by Gasteiger charge is -2.26. The summed E-state index contributed by atoms with van der Waals surface area (Å²) in [4.78, 5) is 14.3. The summed E-state index contributed by atoms with van der Waals surface area (Å²) in [7, 11) is 0. The molecule has 1 aromatic carbocycles. The molecule has 1 aromatic rings. The third-order valence-electron chi connectivity index (χ3n) is 3.81. The maximum atomic E-state index is 14.1. The molecule has 0 aromatic heterocycles. The fraction of sp³-hybridized carbons (Fsp3) is 0.562. The standard InChI is InChI=1S/C16H23FN2O/c1-3-10-19(11-13-7-5-9-18-13)16(20)14-8-4-6-12(2)15(14)17/h4,6,8,13,18H,3,5,7,9-11H2,1-2H3. The number of aryl methyl sites for hydroxylation is 1. The van der Waals surface area contributed by atoms with E-state index in [1.165, 1.54) is 0 Å². The molecule has 1 amide bonds. The van der Waals surface area contributed by atoms with Crippen LogP contribution in [-0.4, -0.2) is 36.5 Å². The minimum Gasteiger partial charge on any atom is -0.337 e. The number of benzene rings is 1. The van der Waals surface area contributed by atoms with Crippen molar-refractivity contribution in [2.45, 2.75) is 39.2 Å². The molecule has 1 atom stereocenters. The van der Waals surface area contributed by atoms with Crippen molar-refractivity contribution < 1.29 is 9.18 Å². The molecule has 0 radical (unpaired) electrons. The van der Waals surface area contributed by atoms with E-state index in [9.17, 15) is 9.18 Å². The van der Waals surface area contributed by atoms with Crippen molar-refractivity contribution in [1.82, 2.24) is 10.2 Å². The zero-order chi connectivity index (χ0) is 14.5. The molecule has 110 valence electrons. The van der Waals surface area contributed by atoms with Gasteiger partial charge in [-0.15, -0.1) is 0 Å². The first-order valence-corrected chi connectivity index (χ1v) is 7.41. The highest BCUT2D eigenvalue weighted by Crippen LogP contribution is 2.16. The molecule has 1 aliphatic rings. The van der Waals surface area contributed by atoms with E-state index in [4.69, 9.17) is 0 Å². The van der Waals surface area contributed by atoms with Crippen molar-refractivity contribution in [3.05, 3.63) is 35.1 Å². The summed E-state index contributed by atoms with van der Waals surface area (Å²) in [6.07, 6.45) is 3.12. The molecule has 0 bridgehead atoms. The van der Waals surface area contributed by atoms with Crippen LogP contribution in [-0.2, 0) is 0 Å². The number of nitrogens with one attached hydrogen (secondary N) is 1. The van der Waals surface area contributed by atoms with Gasteiger partial charge in [-0.1, -0.05) is 19.1 Å². The van der Waals surface area contributed by atoms with E-state index in [2.05, 4.69) is 5.32 Å². The summed E-state index contributed by atoms with van der Waals surface area (Å²) in [5, 5.41) is 3.39. The Balaban J connectivity index is 2.14. The van der Waals surface area contributed by atoms with Crippen molar-refractivity contribution in [2.24, 2.45) is 0 Å². The van der Waals surface area contributed by atoms with Crippen LogP contribution in [0.25, 0.3) is 0 Å². The van der Waals surface area contributed by atoms with Crippen LogP contribution in [0.1, 0.15) is 42.1 Å². The van der Waals surface area contributed by atoms with Crippen LogP contribution in [0.3, 0.4) is 0 Å². The molecule has 1 N–H and O–H groups in total.